The highest BCUT2D eigenvalue weighted by Crippen LogP contribution is 2.26. The fraction of sp³-hybridized carbons (Fsp3) is 0.467. The summed E-state index contributed by atoms with van der Waals surface area (Å²) < 4.78 is 0. The van der Waals surface area contributed by atoms with E-state index in [9.17, 15) is 9.59 Å². The Hall–Kier alpha value is -1.88. The summed E-state index contributed by atoms with van der Waals surface area (Å²) in [5, 5.41) is 15.3. The van der Waals surface area contributed by atoms with E-state index in [0.29, 0.717) is 11.3 Å². The number of hydrogen-bond acceptors (Lipinski definition) is 3. The van der Waals surface area contributed by atoms with E-state index in [1.54, 1.807) is 19.1 Å². The summed E-state index contributed by atoms with van der Waals surface area (Å²) in [7, 11) is 0. The Bertz CT molecular complexity index is 534. The molecule has 2 rings (SSSR count). The number of rotatable bonds is 4. The summed E-state index contributed by atoms with van der Waals surface area (Å²) in [4.78, 5) is 23.6. The van der Waals surface area contributed by atoms with Gasteiger partial charge in [-0.3, -0.25) is 4.79 Å². The number of nitrogens with one attached hydrogen (secondary N) is 2. The number of aromatic carboxylic acids is 1. The molecule has 1 unspecified atom stereocenters. The molecule has 3 N–H and O–H groups in total. The van der Waals surface area contributed by atoms with E-state index in [4.69, 9.17) is 5.11 Å². The molecule has 5 nitrogen and oxygen atoms in total. The van der Waals surface area contributed by atoms with Crippen LogP contribution in [0, 0.1) is 6.92 Å². The zero-order valence-electron chi connectivity index (χ0n) is 11.8. The number of carboxylic acids is 1. The van der Waals surface area contributed by atoms with Crippen LogP contribution in [-0.4, -0.2) is 29.1 Å². The van der Waals surface area contributed by atoms with Gasteiger partial charge < -0.3 is 15.7 Å². The van der Waals surface area contributed by atoms with Gasteiger partial charge in [-0.05, 0) is 50.4 Å². The maximum absolute atomic E-state index is 12.5. The first-order valence-corrected chi connectivity index (χ1v) is 6.89. The summed E-state index contributed by atoms with van der Waals surface area (Å²) in [6, 6.07) is 4.92. The van der Waals surface area contributed by atoms with Crippen molar-refractivity contribution >= 4 is 17.6 Å². The monoisotopic (exact) mass is 276 g/mol. The first kappa shape index (κ1) is 14.5. The Labute approximate surface area is 118 Å². The molecule has 1 aromatic rings. The van der Waals surface area contributed by atoms with Crippen molar-refractivity contribution in [3.63, 3.8) is 0 Å². The molecule has 0 bridgehead atoms. The molecule has 20 heavy (non-hydrogen) atoms. The van der Waals surface area contributed by atoms with Crippen LogP contribution in [0.5, 0.6) is 0 Å². The molecular weight excluding hydrogens is 256 g/mol. The van der Waals surface area contributed by atoms with Crippen molar-refractivity contribution in [2.24, 2.45) is 0 Å². The van der Waals surface area contributed by atoms with Gasteiger partial charge in [0.25, 0.3) is 0 Å². The van der Waals surface area contributed by atoms with E-state index in [1.165, 1.54) is 6.07 Å². The third-order valence-corrected chi connectivity index (χ3v) is 4.09. The predicted molar refractivity (Wildman–Crippen MR) is 77.0 cm³/mol. The minimum atomic E-state index is -0.984. The van der Waals surface area contributed by atoms with Gasteiger partial charge in [0.1, 0.15) is 0 Å². The van der Waals surface area contributed by atoms with Crippen LogP contribution in [0.25, 0.3) is 0 Å². The third kappa shape index (κ3) is 2.54. The molecule has 0 radical (unpaired) electrons. The molecule has 1 amide bonds. The lowest BCUT2D eigenvalue weighted by Gasteiger charge is -2.27. The number of carboxylic acid groups (broad SMARTS) is 1. The lowest BCUT2D eigenvalue weighted by molar-refractivity contribution is -0.122. The van der Waals surface area contributed by atoms with E-state index >= 15 is 0 Å². The maximum atomic E-state index is 12.5. The Morgan fingerprint density at radius 2 is 2.20 bits per heavy atom. The van der Waals surface area contributed by atoms with Crippen LogP contribution in [0.4, 0.5) is 5.69 Å². The Balaban J connectivity index is 2.24. The van der Waals surface area contributed by atoms with Crippen molar-refractivity contribution in [1.82, 2.24) is 5.32 Å². The van der Waals surface area contributed by atoms with Crippen LogP contribution in [0.2, 0.25) is 0 Å². The standard InChI is InChI=1S/C15H20N2O3/c1-3-15(8-5-9-16-15)14(20)17-12-7-4-6-11(10(12)2)13(18)19/h4,6-7,16H,3,5,8-9H2,1-2H3,(H,17,20)(H,18,19). The molecule has 1 saturated heterocycles. The average molecular weight is 276 g/mol. The summed E-state index contributed by atoms with van der Waals surface area (Å²) in [5.41, 5.74) is 0.841. The summed E-state index contributed by atoms with van der Waals surface area (Å²) in [5.74, 6) is -1.06. The summed E-state index contributed by atoms with van der Waals surface area (Å²) in [6.07, 6.45) is 2.51. The number of carbonyl (C=O) groups is 2. The van der Waals surface area contributed by atoms with Crippen LogP contribution in [0.1, 0.15) is 42.1 Å². The zero-order chi connectivity index (χ0) is 14.8. The first-order valence-electron chi connectivity index (χ1n) is 6.89. The van der Waals surface area contributed by atoms with Crippen LogP contribution in [0.3, 0.4) is 0 Å². The quantitative estimate of drug-likeness (QED) is 0.787. The average Bonchev–Trinajstić information content (AvgIpc) is 2.90. The number of hydrogen-bond donors (Lipinski definition) is 3. The smallest absolute Gasteiger partial charge is 0.336 e. The van der Waals surface area contributed by atoms with Gasteiger partial charge in [-0.2, -0.15) is 0 Å². The Morgan fingerprint density at radius 3 is 2.75 bits per heavy atom. The minimum Gasteiger partial charge on any atom is -0.478 e. The van der Waals surface area contributed by atoms with Crippen molar-refractivity contribution < 1.29 is 14.7 Å². The van der Waals surface area contributed by atoms with Crippen molar-refractivity contribution in [3.05, 3.63) is 29.3 Å². The van der Waals surface area contributed by atoms with Crippen molar-refractivity contribution in [2.75, 3.05) is 11.9 Å². The van der Waals surface area contributed by atoms with Crippen molar-refractivity contribution in [1.29, 1.82) is 0 Å². The van der Waals surface area contributed by atoms with Gasteiger partial charge in [-0.1, -0.05) is 13.0 Å². The van der Waals surface area contributed by atoms with E-state index in [1.807, 2.05) is 6.92 Å². The fourth-order valence-corrected chi connectivity index (χ4v) is 2.71. The molecular formula is C15H20N2O3. The molecule has 0 aromatic heterocycles. The second kappa shape index (κ2) is 5.63. The topological polar surface area (TPSA) is 78.4 Å². The largest absolute Gasteiger partial charge is 0.478 e. The number of amides is 1. The normalized spacial score (nSPS) is 21.7. The molecule has 0 spiro atoms. The van der Waals surface area contributed by atoms with Crippen molar-refractivity contribution in [2.45, 2.75) is 38.6 Å². The van der Waals surface area contributed by atoms with Crippen LogP contribution in [-0.2, 0) is 4.79 Å². The SMILES string of the molecule is CCC1(C(=O)Nc2cccc(C(=O)O)c2C)CCCN1. The van der Waals surface area contributed by atoms with Crippen LogP contribution in [0.15, 0.2) is 18.2 Å². The molecule has 1 atom stereocenters. The molecule has 1 aromatic carbocycles. The molecule has 0 saturated carbocycles. The molecule has 1 aliphatic heterocycles. The van der Waals surface area contributed by atoms with Gasteiger partial charge in [0, 0.05) is 5.69 Å². The van der Waals surface area contributed by atoms with Gasteiger partial charge in [0.15, 0.2) is 0 Å². The highest BCUT2D eigenvalue weighted by molar-refractivity contribution is 6.00. The van der Waals surface area contributed by atoms with Crippen molar-refractivity contribution in [3.8, 4) is 0 Å². The number of carbonyl (C=O) groups excluding carboxylic acids is 1. The Kier molecular flexibility index (Phi) is 4.09. The van der Waals surface area contributed by atoms with E-state index in [2.05, 4.69) is 10.6 Å². The van der Waals surface area contributed by atoms with E-state index < -0.39 is 11.5 Å². The van der Waals surface area contributed by atoms with E-state index in [-0.39, 0.29) is 11.5 Å². The molecule has 1 heterocycles. The highest BCUT2D eigenvalue weighted by Gasteiger charge is 2.39. The number of benzene rings is 1. The maximum Gasteiger partial charge on any atom is 0.336 e. The first-order chi connectivity index (χ1) is 9.50. The van der Waals surface area contributed by atoms with Gasteiger partial charge in [0.2, 0.25) is 5.91 Å². The predicted octanol–water partition coefficient (Wildman–Crippen LogP) is 2.16. The van der Waals surface area contributed by atoms with Gasteiger partial charge >= 0.3 is 5.97 Å². The fourth-order valence-electron chi connectivity index (χ4n) is 2.71. The second-order valence-electron chi connectivity index (χ2n) is 5.20. The lowest BCUT2D eigenvalue weighted by atomic mass is 9.92. The second-order valence-corrected chi connectivity index (χ2v) is 5.20. The lowest BCUT2D eigenvalue weighted by Crippen LogP contribution is -2.50. The molecule has 5 heteroatoms. The third-order valence-electron chi connectivity index (χ3n) is 4.09. The molecule has 0 aliphatic carbocycles. The summed E-state index contributed by atoms with van der Waals surface area (Å²) >= 11 is 0. The van der Waals surface area contributed by atoms with Crippen LogP contribution >= 0.6 is 0 Å². The Morgan fingerprint density at radius 1 is 1.45 bits per heavy atom. The molecule has 108 valence electrons. The van der Waals surface area contributed by atoms with Gasteiger partial charge in [-0.25, -0.2) is 4.79 Å². The minimum absolute atomic E-state index is 0.0804. The molecule has 1 fully saturated rings. The van der Waals surface area contributed by atoms with Gasteiger partial charge in [0.05, 0.1) is 11.1 Å². The zero-order valence-corrected chi connectivity index (χ0v) is 11.8. The van der Waals surface area contributed by atoms with E-state index in [0.717, 1.165) is 25.8 Å². The number of anilines is 1. The van der Waals surface area contributed by atoms with Gasteiger partial charge in [-0.15, -0.1) is 0 Å². The molecule has 1 aliphatic rings. The highest BCUT2D eigenvalue weighted by atomic mass is 16.4. The van der Waals surface area contributed by atoms with Crippen LogP contribution < -0.4 is 10.6 Å². The summed E-state index contributed by atoms with van der Waals surface area (Å²) in [6.45, 7) is 4.54.